The normalized spacial score (nSPS) is 17.3. The van der Waals surface area contributed by atoms with E-state index in [9.17, 15) is 5.11 Å². The number of benzene rings is 1. The predicted molar refractivity (Wildman–Crippen MR) is 58.3 cm³/mol. The maximum Gasteiger partial charge on any atom is 0.184 e. The lowest BCUT2D eigenvalue weighted by Crippen LogP contribution is -2.17. The fourth-order valence-corrected chi connectivity index (χ4v) is 1.62. The fraction of sp³-hybridized carbons (Fsp3) is 0.455. The molecule has 1 aromatic carbocycles. The second-order valence-corrected chi connectivity index (χ2v) is 3.59. The number of anilines is 1. The highest BCUT2D eigenvalue weighted by atomic mass is 16.7. The third kappa shape index (κ3) is 2.05. The number of nitrogens with two attached hydrogens (primary N) is 1. The average Bonchev–Trinajstić information content (AvgIpc) is 2.33. The molecule has 1 fully saturated rings. The van der Waals surface area contributed by atoms with Crippen molar-refractivity contribution < 1.29 is 19.3 Å². The Kier molecular flexibility index (Phi) is 3.17. The molecule has 0 radical (unpaired) electrons. The van der Waals surface area contributed by atoms with Crippen LogP contribution in [0, 0.1) is 0 Å². The van der Waals surface area contributed by atoms with Crippen LogP contribution in [0.1, 0.15) is 18.3 Å². The molecular weight excluding hydrogens is 210 g/mol. The smallest absolute Gasteiger partial charge is 0.184 e. The van der Waals surface area contributed by atoms with Crippen LogP contribution in [0.15, 0.2) is 12.1 Å². The maximum absolute atomic E-state index is 9.59. The number of aromatic hydroxyl groups is 1. The second kappa shape index (κ2) is 4.59. The Balaban J connectivity index is 2.29. The summed E-state index contributed by atoms with van der Waals surface area (Å²) in [7, 11) is 1.47. The number of ether oxygens (including phenoxy) is 3. The molecule has 0 unspecified atom stereocenters. The van der Waals surface area contributed by atoms with E-state index in [0.29, 0.717) is 19.0 Å². The average molecular weight is 225 g/mol. The Morgan fingerprint density at radius 1 is 1.38 bits per heavy atom. The van der Waals surface area contributed by atoms with Gasteiger partial charge in [-0.1, -0.05) is 0 Å². The Hall–Kier alpha value is -1.46. The molecule has 0 saturated carbocycles. The summed E-state index contributed by atoms with van der Waals surface area (Å²) in [6.45, 7) is 1.32. The highest BCUT2D eigenvalue weighted by Gasteiger charge is 2.19. The van der Waals surface area contributed by atoms with Gasteiger partial charge >= 0.3 is 0 Å². The molecule has 16 heavy (non-hydrogen) atoms. The van der Waals surface area contributed by atoms with Crippen molar-refractivity contribution in [2.45, 2.75) is 12.7 Å². The topological polar surface area (TPSA) is 73.9 Å². The van der Waals surface area contributed by atoms with Crippen LogP contribution in [-0.4, -0.2) is 25.4 Å². The molecule has 1 aliphatic rings. The first-order valence-corrected chi connectivity index (χ1v) is 5.12. The molecule has 1 saturated heterocycles. The molecule has 0 atom stereocenters. The van der Waals surface area contributed by atoms with Crippen LogP contribution in [0.25, 0.3) is 0 Å². The zero-order valence-electron chi connectivity index (χ0n) is 9.10. The Bertz CT molecular complexity index is 374. The van der Waals surface area contributed by atoms with Gasteiger partial charge in [-0.2, -0.15) is 0 Å². The standard InChI is InChI=1S/C11H15NO4/c1-14-9-6-7(5-8(12)10(9)13)11-15-3-2-4-16-11/h5-6,11,13H,2-4,12H2,1H3. The van der Waals surface area contributed by atoms with Gasteiger partial charge in [-0.3, -0.25) is 0 Å². The lowest BCUT2D eigenvalue weighted by molar-refractivity contribution is -0.183. The number of rotatable bonds is 2. The molecule has 2 rings (SSSR count). The minimum absolute atomic E-state index is 0.0536. The van der Waals surface area contributed by atoms with Crippen molar-refractivity contribution in [3.8, 4) is 11.5 Å². The van der Waals surface area contributed by atoms with E-state index in [-0.39, 0.29) is 11.4 Å². The minimum atomic E-state index is -0.425. The number of hydrogen-bond donors (Lipinski definition) is 2. The molecule has 0 spiro atoms. The van der Waals surface area contributed by atoms with Gasteiger partial charge in [-0.15, -0.1) is 0 Å². The van der Waals surface area contributed by atoms with Crippen molar-refractivity contribution in [1.82, 2.24) is 0 Å². The molecule has 5 nitrogen and oxygen atoms in total. The quantitative estimate of drug-likeness (QED) is 0.588. The first kappa shape index (κ1) is 11.0. The zero-order chi connectivity index (χ0) is 11.5. The summed E-state index contributed by atoms with van der Waals surface area (Å²) in [5.74, 6) is 0.273. The number of methoxy groups -OCH3 is 1. The van der Waals surface area contributed by atoms with E-state index in [1.807, 2.05) is 0 Å². The van der Waals surface area contributed by atoms with E-state index < -0.39 is 6.29 Å². The van der Waals surface area contributed by atoms with Crippen molar-refractivity contribution in [3.05, 3.63) is 17.7 Å². The lowest BCUT2D eigenvalue weighted by Gasteiger charge is -2.24. The molecular formula is C11H15NO4. The van der Waals surface area contributed by atoms with Gasteiger partial charge in [0.25, 0.3) is 0 Å². The van der Waals surface area contributed by atoms with E-state index in [1.54, 1.807) is 12.1 Å². The Morgan fingerprint density at radius 3 is 2.69 bits per heavy atom. The monoisotopic (exact) mass is 225 g/mol. The molecule has 88 valence electrons. The van der Waals surface area contributed by atoms with Crippen LogP contribution in [0.5, 0.6) is 11.5 Å². The molecule has 1 aromatic rings. The molecule has 1 aliphatic heterocycles. The fourth-order valence-electron chi connectivity index (χ4n) is 1.62. The van der Waals surface area contributed by atoms with Crippen molar-refractivity contribution >= 4 is 5.69 Å². The van der Waals surface area contributed by atoms with E-state index in [2.05, 4.69) is 0 Å². The van der Waals surface area contributed by atoms with Gasteiger partial charge in [0.05, 0.1) is 26.0 Å². The maximum atomic E-state index is 9.59. The van der Waals surface area contributed by atoms with E-state index in [1.165, 1.54) is 7.11 Å². The number of hydrogen-bond acceptors (Lipinski definition) is 5. The van der Waals surface area contributed by atoms with Crippen LogP contribution in [0.2, 0.25) is 0 Å². The van der Waals surface area contributed by atoms with E-state index in [0.717, 1.165) is 12.0 Å². The summed E-state index contributed by atoms with van der Waals surface area (Å²) in [5, 5.41) is 9.59. The van der Waals surface area contributed by atoms with Crippen LogP contribution in [0.4, 0.5) is 5.69 Å². The highest BCUT2D eigenvalue weighted by molar-refractivity contribution is 5.61. The van der Waals surface area contributed by atoms with Gasteiger partial charge in [0, 0.05) is 5.56 Å². The summed E-state index contributed by atoms with van der Waals surface area (Å²) < 4.78 is 15.9. The van der Waals surface area contributed by atoms with Crippen molar-refractivity contribution in [2.75, 3.05) is 26.1 Å². The van der Waals surface area contributed by atoms with Crippen molar-refractivity contribution in [3.63, 3.8) is 0 Å². The molecule has 0 aromatic heterocycles. The van der Waals surface area contributed by atoms with Crippen LogP contribution < -0.4 is 10.5 Å². The minimum Gasteiger partial charge on any atom is -0.503 e. The predicted octanol–water partition coefficient (Wildman–Crippen LogP) is 1.42. The molecule has 0 amide bonds. The lowest BCUT2D eigenvalue weighted by atomic mass is 10.1. The second-order valence-electron chi connectivity index (χ2n) is 3.59. The summed E-state index contributed by atoms with van der Waals surface area (Å²) in [6.07, 6.45) is 0.465. The third-order valence-corrected chi connectivity index (χ3v) is 2.45. The summed E-state index contributed by atoms with van der Waals surface area (Å²) in [5.41, 5.74) is 6.68. The molecule has 3 N–H and O–H groups in total. The Morgan fingerprint density at radius 2 is 2.06 bits per heavy atom. The van der Waals surface area contributed by atoms with Gasteiger partial charge in [-0.25, -0.2) is 0 Å². The van der Waals surface area contributed by atoms with E-state index in [4.69, 9.17) is 19.9 Å². The number of phenols is 1. The van der Waals surface area contributed by atoms with Crippen molar-refractivity contribution in [2.24, 2.45) is 0 Å². The van der Waals surface area contributed by atoms with Gasteiger partial charge in [0.15, 0.2) is 17.8 Å². The zero-order valence-corrected chi connectivity index (χ0v) is 9.10. The summed E-state index contributed by atoms with van der Waals surface area (Å²) in [6, 6.07) is 3.30. The van der Waals surface area contributed by atoms with Gasteiger partial charge in [-0.05, 0) is 18.6 Å². The molecule has 1 heterocycles. The molecule has 5 heteroatoms. The third-order valence-electron chi connectivity index (χ3n) is 2.45. The SMILES string of the molecule is COc1cc(C2OCCCO2)cc(N)c1O. The molecule has 0 bridgehead atoms. The van der Waals surface area contributed by atoms with Gasteiger partial charge in [0.1, 0.15) is 0 Å². The largest absolute Gasteiger partial charge is 0.503 e. The van der Waals surface area contributed by atoms with Crippen LogP contribution in [-0.2, 0) is 9.47 Å². The summed E-state index contributed by atoms with van der Waals surface area (Å²) in [4.78, 5) is 0. The van der Waals surface area contributed by atoms with E-state index >= 15 is 0 Å². The van der Waals surface area contributed by atoms with Gasteiger partial charge < -0.3 is 25.1 Å². The first-order valence-electron chi connectivity index (χ1n) is 5.12. The number of phenolic OH excluding ortho intramolecular Hbond substituents is 1. The van der Waals surface area contributed by atoms with Gasteiger partial charge in [0.2, 0.25) is 0 Å². The molecule has 0 aliphatic carbocycles. The Labute approximate surface area is 93.7 Å². The first-order chi connectivity index (χ1) is 7.72. The van der Waals surface area contributed by atoms with Crippen molar-refractivity contribution in [1.29, 1.82) is 0 Å². The summed E-state index contributed by atoms with van der Waals surface area (Å²) >= 11 is 0. The number of nitrogen functional groups attached to an aromatic ring is 1. The van der Waals surface area contributed by atoms with Crippen LogP contribution >= 0.6 is 0 Å². The van der Waals surface area contributed by atoms with Crippen LogP contribution in [0.3, 0.4) is 0 Å². The highest BCUT2D eigenvalue weighted by Crippen LogP contribution is 2.36.